The van der Waals surface area contributed by atoms with Crippen LogP contribution in [-0.2, 0) is 9.53 Å². The maximum absolute atomic E-state index is 11.5. The molecule has 4 heteroatoms. The van der Waals surface area contributed by atoms with Crippen molar-refractivity contribution in [3.8, 4) is 0 Å². The Kier molecular flexibility index (Phi) is 15.4. The van der Waals surface area contributed by atoms with E-state index in [-0.39, 0.29) is 19.0 Å². The predicted molar refractivity (Wildman–Crippen MR) is 117 cm³/mol. The van der Waals surface area contributed by atoms with Crippen molar-refractivity contribution in [2.45, 2.75) is 85.7 Å². The molecule has 0 aliphatic heterocycles. The lowest BCUT2D eigenvalue weighted by Crippen LogP contribution is -2.21. The number of ether oxygens (including phenoxy) is 1. The first-order valence-electron chi connectivity index (χ1n) is 10.3. The molecule has 0 aliphatic rings. The van der Waals surface area contributed by atoms with Crippen LogP contribution < -0.4 is 0 Å². The molecule has 0 radical (unpaired) electrons. The number of carbonyl (C=O) groups is 1. The highest BCUT2D eigenvalue weighted by molar-refractivity contribution is 5.71. The van der Waals surface area contributed by atoms with Gasteiger partial charge in [0.05, 0.1) is 13.0 Å². The quantitative estimate of drug-likeness (QED) is 0.306. The van der Waals surface area contributed by atoms with Crippen LogP contribution in [0.4, 0.5) is 0 Å². The Bertz CT molecular complexity index is 563. The fourth-order valence-electron chi connectivity index (χ4n) is 2.55. The maximum atomic E-state index is 11.5. The molecule has 0 spiro atoms. The molecule has 160 valence electrons. The zero-order valence-corrected chi connectivity index (χ0v) is 18.5. The summed E-state index contributed by atoms with van der Waals surface area (Å²) in [5.41, 5.74) is 5.40. The average Bonchev–Trinajstić information content (AvgIpc) is 2.64. The minimum atomic E-state index is -1.00. The highest BCUT2D eigenvalue weighted by atomic mass is 16.5. The number of esters is 1. The third-order valence-electron chi connectivity index (χ3n) is 4.42. The number of aliphatic hydroxyl groups is 2. The molecule has 0 aliphatic carbocycles. The SMILES string of the molecule is CC(C)=CCCC(C)=CCCC(C)=CCCC(C)=CCC(=O)OCC(O)CO. The number of aliphatic hydroxyl groups excluding tert-OH is 2. The summed E-state index contributed by atoms with van der Waals surface area (Å²) >= 11 is 0. The number of rotatable bonds is 14. The molecule has 0 amide bonds. The highest BCUT2D eigenvalue weighted by Crippen LogP contribution is 2.13. The minimum absolute atomic E-state index is 0.160. The van der Waals surface area contributed by atoms with Gasteiger partial charge in [-0.2, -0.15) is 0 Å². The number of allylic oxidation sites excluding steroid dienone is 7. The smallest absolute Gasteiger partial charge is 0.309 e. The van der Waals surface area contributed by atoms with E-state index in [2.05, 4.69) is 45.9 Å². The summed E-state index contributed by atoms with van der Waals surface area (Å²) in [7, 11) is 0. The molecule has 0 heterocycles. The van der Waals surface area contributed by atoms with Crippen molar-refractivity contribution in [2.24, 2.45) is 0 Å². The molecule has 1 atom stereocenters. The van der Waals surface area contributed by atoms with Crippen molar-refractivity contribution in [1.29, 1.82) is 0 Å². The molecule has 0 aromatic heterocycles. The second kappa shape index (κ2) is 16.3. The summed E-state index contributed by atoms with van der Waals surface area (Å²) in [5, 5.41) is 17.8. The lowest BCUT2D eigenvalue weighted by atomic mass is 10.0. The second-order valence-corrected chi connectivity index (χ2v) is 7.77. The van der Waals surface area contributed by atoms with Gasteiger partial charge in [-0.3, -0.25) is 4.79 Å². The fraction of sp³-hybridized carbons (Fsp3) is 0.625. The molecule has 28 heavy (non-hydrogen) atoms. The molecule has 0 fully saturated rings. The first-order valence-corrected chi connectivity index (χ1v) is 10.3. The van der Waals surface area contributed by atoms with Gasteiger partial charge in [-0.25, -0.2) is 0 Å². The van der Waals surface area contributed by atoms with Gasteiger partial charge < -0.3 is 14.9 Å². The largest absolute Gasteiger partial charge is 0.463 e. The monoisotopic (exact) mass is 392 g/mol. The molecule has 0 aromatic carbocycles. The minimum Gasteiger partial charge on any atom is -0.463 e. The zero-order chi connectivity index (χ0) is 21.4. The first-order chi connectivity index (χ1) is 13.2. The lowest BCUT2D eigenvalue weighted by Gasteiger charge is -2.07. The molecule has 0 saturated carbocycles. The van der Waals surface area contributed by atoms with Crippen LogP contribution in [0.2, 0.25) is 0 Å². The normalized spacial score (nSPS) is 14.0. The van der Waals surface area contributed by atoms with Crippen LogP contribution >= 0.6 is 0 Å². The van der Waals surface area contributed by atoms with Crippen molar-refractivity contribution < 1.29 is 19.7 Å². The number of carbonyl (C=O) groups excluding carboxylic acids is 1. The van der Waals surface area contributed by atoms with Gasteiger partial charge >= 0.3 is 5.97 Å². The molecule has 0 bridgehead atoms. The van der Waals surface area contributed by atoms with Crippen molar-refractivity contribution in [3.05, 3.63) is 46.6 Å². The summed E-state index contributed by atoms with van der Waals surface area (Å²) in [6, 6.07) is 0. The molecule has 2 N–H and O–H groups in total. The second-order valence-electron chi connectivity index (χ2n) is 7.77. The van der Waals surface area contributed by atoms with Crippen LogP contribution in [0, 0.1) is 0 Å². The predicted octanol–water partition coefficient (Wildman–Crippen LogP) is 5.42. The highest BCUT2D eigenvalue weighted by Gasteiger charge is 2.06. The van der Waals surface area contributed by atoms with Crippen molar-refractivity contribution >= 4 is 5.97 Å². The third kappa shape index (κ3) is 16.5. The van der Waals surface area contributed by atoms with Crippen LogP contribution in [0.25, 0.3) is 0 Å². The molecular weight excluding hydrogens is 352 g/mol. The first kappa shape index (κ1) is 26.4. The van der Waals surface area contributed by atoms with E-state index in [0.29, 0.717) is 0 Å². The van der Waals surface area contributed by atoms with E-state index >= 15 is 0 Å². The molecule has 1 unspecified atom stereocenters. The van der Waals surface area contributed by atoms with Crippen LogP contribution in [0.5, 0.6) is 0 Å². The molecular formula is C24H40O4. The van der Waals surface area contributed by atoms with E-state index in [1.54, 1.807) is 0 Å². The van der Waals surface area contributed by atoms with Crippen LogP contribution in [-0.4, -0.2) is 35.5 Å². The van der Waals surface area contributed by atoms with Gasteiger partial charge in [0.25, 0.3) is 0 Å². The van der Waals surface area contributed by atoms with Crippen molar-refractivity contribution in [1.82, 2.24) is 0 Å². The van der Waals surface area contributed by atoms with Gasteiger partial charge in [0.15, 0.2) is 0 Å². The Labute approximate surface area is 171 Å². The number of hydrogen-bond acceptors (Lipinski definition) is 4. The number of hydrogen-bond donors (Lipinski definition) is 2. The molecule has 4 nitrogen and oxygen atoms in total. The fourth-order valence-corrected chi connectivity index (χ4v) is 2.55. The van der Waals surface area contributed by atoms with Crippen molar-refractivity contribution in [2.75, 3.05) is 13.2 Å². The maximum Gasteiger partial charge on any atom is 0.309 e. The van der Waals surface area contributed by atoms with E-state index < -0.39 is 12.7 Å². The Balaban J connectivity index is 4.06. The lowest BCUT2D eigenvalue weighted by molar-refractivity contribution is -0.146. The Morgan fingerprint density at radius 2 is 1.29 bits per heavy atom. The van der Waals surface area contributed by atoms with E-state index in [4.69, 9.17) is 14.9 Å². The van der Waals surface area contributed by atoms with Crippen molar-refractivity contribution in [3.63, 3.8) is 0 Å². The van der Waals surface area contributed by atoms with Crippen LogP contribution in [0.1, 0.15) is 79.6 Å². The van der Waals surface area contributed by atoms with Gasteiger partial charge in [-0.15, -0.1) is 0 Å². The van der Waals surface area contributed by atoms with E-state index in [1.165, 1.54) is 16.7 Å². The Morgan fingerprint density at radius 3 is 1.75 bits per heavy atom. The summed E-state index contributed by atoms with van der Waals surface area (Å²) in [5.74, 6) is -0.384. The van der Waals surface area contributed by atoms with Crippen LogP contribution in [0.15, 0.2) is 46.6 Å². The molecule has 0 rings (SSSR count). The topological polar surface area (TPSA) is 66.8 Å². The molecule has 0 aromatic rings. The Morgan fingerprint density at radius 1 is 0.821 bits per heavy atom. The van der Waals surface area contributed by atoms with Gasteiger partial charge in [0.2, 0.25) is 0 Å². The average molecular weight is 393 g/mol. The summed E-state index contributed by atoms with van der Waals surface area (Å²) in [4.78, 5) is 11.5. The van der Waals surface area contributed by atoms with E-state index in [1.807, 2.05) is 13.0 Å². The van der Waals surface area contributed by atoms with Gasteiger partial charge in [-0.1, -0.05) is 46.6 Å². The van der Waals surface area contributed by atoms with Crippen LogP contribution in [0.3, 0.4) is 0 Å². The van der Waals surface area contributed by atoms with Gasteiger partial charge in [0.1, 0.15) is 12.7 Å². The Hall–Kier alpha value is -1.65. The van der Waals surface area contributed by atoms with E-state index in [9.17, 15) is 4.79 Å². The zero-order valence-electron chi connectivity index (χ0n) is 18.5. The van der Waals surface area contributed by atoms with Gasteiger partial charge in [-0.05, 0) is 73.1 Å². The summed E-state index contributed by atoms with van der Waals surface area (Å²) in [6.07, 6.45) is 14.3. The summed E-state index contributed by atoms with van der Waals surface area (Å²) in [6.45, 7) is 10.1. The summed E-state index contributed by atoms with van der Waals surface area (Å²) < 4.78 is 4.87. The third-order valence-corrected chi connectivity index (χ3v) is 4.42. The molecule has 0 saturated heterocycles. The van der Waals surface area contributed by atoms with E-state index in [0.717, 1.165) is 44.1 Å². The van der Waals surface area contributed by atoms with Gasteiger partial charge in [0, 0.05) is 0 Å². The standard InChI is InChI=1S/C24H40O4/c1-19(2)9-6-10-20(3)11-7-12-21(4)13-8-14-22(5)15-16-24(27)28-18-23(26)17-25/h9,11,13,15,23,25-26H,6-8,10,12,14,16-18H2,1-5H3.